The molecule has 0 saturated heterocycles. The molecular weight excluding hydrogens is 582 g/mol. The fourth-order valence-corrected chi connectivity index (χ4v) is 6.10. The van der Waals surface area contributed by atoms with Crippen LogP contribution in [-0.2, 0) is 9.53 Å². The van der Waals surface area contributed by atoms with Crippen LogP contribution >= 0.6 is 39.0 Å². The molecule has 2 aromatic carbocycles. The number of fused-ring (bicyclic) bond motifs is 1. The van der Waals surface area contributed by atoms with Crippen molar-refractivity contribution in [3.63, 3.8) is 0 Å². The van der Waals surface area contributed by atoms with Crippen LogP contribution in [0.15, 0.2) is 62.5 Å². The first-order valence-corrected chi connectivity index (χ1v) is 13.6. The third-order valence-electron chi connectivity index (χ3n) is 5.45. The Morgan fingerprint density at radius 3 is 2.81 bits per heavy atom. The van der Waals surface area contributed by atoms with E-state index in [9.17, 15) is 9.90 Å². The lowest BCUT2D eigenvalue weighted by molar-refractivity contribution is -0.139. The number of tetrazole rings is 1. The summed E-state index contributed by atoms with van der Waals surface area (Å²) in [5, 5.41) is 34.9. The van der Waals surface area contributed by atoms with Crippen molar-refractivity contribution < 1.29 is 19.4 Å². The van der Waals surface area contributed by atoms with E-state index in [2.05, 4.69) is 47.0 Å². The zero-order valence-corrected chi connectivity index (χ0v) is 22.8. The maximum absolute atomic E-state index is 13.3. The van der Waals surface area contributed by atoms with Crippen molar-refractivity contribution in [3.05, 3.63) is 63.8 Å². The fourth-order valence-electron chi connectivity index (χ4n) is 3.81. The number of nitrogens with zero attached hydrogens (tertiary/aromatic N) is 6. The van der Waals surface area contributed by atoms with Crippen LogP contribution in [0.1, 0.15) is 18.5 Å². The molecule has 0 fully saturated rings. The minimum Gasteiger partial charge on any atom is -0.503 e. The summed E-state index contributed by atoms with van der Waals surface area (Å²) >= 11 is 6.26. The number of rotatable bonds is 8. The molecule has 2 aromatic heterocycles. The molecule has 0 radical (unpaired) electrons. The first-order chi connectivity index (χ1) is 18.0. The lowest BCUT2D eigenvalue weighted by atomic mass is 9.95. The first kappa shape index (κ1) is 25.2. The monoisotopic (exact) mass is 601 g/mol. The zero-order valence-electron chi connectivity index (χ0n) is 19.6. The number of benzene rings is 2. The van der Waals surface area contributed by atoms with Crippen molar-refractivity contribution in [2.75, 3.05) is 24.8 Å². The van der Waals surface area contributed by atoms with Crippen LogP contribution in [0.25, 0.3) is 10.6 Å². The van der Waals surface area contributed by atoms with Crippen molar-refractivity contribution in [1.82, 2.24) is 30.4 Å². The smallest absolute Gasteiger partial charge is 0.338 e. The van der Waals surface area contributed by atoms with Gasteiger partial charge < -0.3 is 19.9 Å². The van der Waals surface area contributed by atoms with E-state index < -0.39 is 12.0 Å². The van der Waals surface area contributed by atoms with Crippen molar-refractivity contribution in [2.45, 2.75) is 17.3 Å². The third kappa shape index (κ3) is 5.04. The summed E-state index contributed by atoms with van der Waals surface area (Å²) in [5.41, 5.74) is 2.52. The summed E-state index contributed by atoms with van der Waals surface area (Å²) in [7, 11) is 1.45. The molecule has 4 aromatic rings. The summed E-state index contributed by atoms with van der Waals surface area (Å²) in [5.74, 6) is 0.386. The Balaban J connectivity index is 1.54. The van der Waals surface area contributed by atoms with Gasteiger partial charge in [0.05, 0.1) is 23.8 Å². The standard InChI is InChI=1S/C23H20BrN7O4S2/c1-3-35-21(33)17-15(11-36-23-28-26-20(37-23)12-7-5-4-6-8-12)25-22-27-29-30-31(22)18(17)13-9-14(24)19(32)16(10-13)34-2/h4-10,18,32H,3,11H2,1-2H3,(H,25,27,30). The lowest BCUT2D eigenvalue weighted by Gasteiger charge is -2.29. The number of aromatic hydroxyl groups is 1. The van der Waals surface area contributed by atoms with Gasteiger partial charge in [0, 0.05) is 17.0 Å². The molecule has 5 rings (SSSR count). The van der Waals surface area contributed by atoms with Gasteiger partial charge in [-0.1, -0.05) is 58.5 Å². The molecule has 1 aliphatic rings. The van der Waals surface area contributed by atoms with Crippen LogP contribution < -0.4 is 10.1 Å². The van der Waals surface area contributed by atoms with E-state index in [0.717, 1.165) is 14.9 Å². The Bertz CT molecular complexity index is 1480. The van der Waals surface area contributed by atoms with Crippen molar-refractivity contribution in [1.29, 1.82) is 0 Å². The number of carbonyl (C=O) groups excluding carboxylic acids is 1. The maximum atomic E-state index is 13.3. The van der Waals surface area contributed by atoms with Crippen molar-refractivity contribution in [2.24, 2.45) is 0 Å². The second-order valence-electron chi connectivity index (χ2n) is 7.67. The lowest BCUT2D eigenvalue weighted by Crippen LogP contribution is -2.31. The normalized spacial score (nSPS) is 14.7. The van der Waals surface area contributed by atoms with Crippen LogP contribution in [0, 0.1) is 0 Å². The van der Waals surface area contributed by atoms with E-state index in [4.69, 9.17) is 9.47 Å². The van der Waals surface area contributed by atoms with Gasteiger partial charge in [-0.25, -0.2) is 4.79 Å². The van der Waals surface area contributed by atoms with E-state index in [1.54, 1.807) is 19.1 Å². The minimum absolute atomic E-state index is 0.0555. The van der Waals surface area contributed by atoms with Crippen molar-refractivity contribution in [3.8, 4) is 22.1 Å². The van der Waals surface area contributed by atoms with E-state index >= 15 is 0 Å². The number of phenolic OH excluding ortho intramolecular Hbond substituents is 1. The molecule has 0 saturated carbocycles. The number of carbonyl (C=O) groups is 1. The van der Waals surface area contributed by atoms with E-state index in [0.29, 0.717) is 33.0 Å². The highest BCUT2D eigenvalue weighted by molar-refractivity contribution is 9.10. The second kappa shape index (κ2) is 10.9. The predicted molar refractivity (Wildman–Crippen MR) is 142 cm³/mol. The van der Waals surface area contributed by atoms with Gasteiger partial charge in [0.15, 0.2) is 15.8 Å². The summed E-state index contributed by atoms with van der Waals surface area (Å²) in [6, 6.07) is 12.4. The quantitative estimate of drug-likeness (QED) is 0.221. The largest absolute Gasteiger partial charge is 0.503 e. The number of anilines is 1. The third-order valence-corrected chi connectivity index (χ3v) is 8.18. The molecule has 190 valence electrons. The minimum atomic E-state index is -0.735. The molecule has 1 aliphatic heterocycles. The topological polar surface area (TPSA) is 137 Å². The number of phenols is 1. The average molecular weight is 602 g/mol. The van der Waals surface area contributed by atoms with E-state index in [1.165, 1.54) is 34.9 Å². The molecule has 0 bridgehead atoms. The summed E-state index contributed by atoms with van der Waals surface area (Å²) in [6.45, 7) is 1.94. The molecule has 14 heteroatoms. The molecule has 37 heavy (non-hydrogen) atoms. The van der Waals surface area contributed by atoms with Crippen LogP contribution in [0.2, 0.25) is 0 Å². The number of halogens is 1. The molecule has 0 aliphatic carbocycles. The van der Waals surface area contributed by atoms with Gasteiger partial charge in [0.2, 0.25) is 5.95 Å². The Hall–Kier alpha value is -3.49. The molecular formula is C23H20BrN7O4S2. The van der Waals surface area contributed by atoms with Crippen LogP contribution in [0.4, 0.5) is 5.95 Å². The highest BCUT2D eigenvalue weighted by Gasteiger charge is 2.37. The number of nitrogens with one attached hydrogen (secondary N) is 1. The van der Waals surface area contributed by atoms with Crippen molar-refractivity contribution >= 4 is 50.9 Å². The van der Waals surface area contributed by atoms with Crippen LogP contribution in [-0.4, -0.2) is 60.9 Å². The van der Waals surface area contributed by atoms with Gasteiger partial charge >= 0.3 is 5.97 Å². The summed E-state index contributed by atoms with van der Waals surface area (Å²) in [4.78, 5) is 13.3. The number of esters is 1. The Morgan fingerprint density at radius 2 is 2.05 bits per heavy atom. The Labute approximate surface area is 228 Å². The fraction of sp³-hybridized carbons (Fsp3) is 0.217. The number of methoxy groups -OCH3 is 1. The van der Waals surface area contributed by atoms with E-state index in [-0.39, 0.29) is 18.1 Å². The summed E-state index contributed by atoms with van der Waals surface area (Å²) in [6.07, 6.45) is 0. The van der Waals surface area contributed by atoms with Gasteiger partial charge in [0.1, 0.15) is 11.0 Å². The number of thioether (sulfide) groups is 1. The first-order valence-electron chi connectivity index (χ1n) is 11.0. The predicted octanol–water partition coefficient (Wildman–Crippen LogP) is 4.29. The average Bonchev–Trinajstić information content (AvgIpc) is 3.58. The SMILES string of the molecule is CCOC(=O)C1=C(CSc2nnc(-c3ccccc3)s2)Nc2nnnn2C1c1cc(Br)c(O)c(OC)c1. The van der Waals surface area contributed by atoms with Gasteiger partial charge in [-0.2, -0.15) is 4.68 Å². The molecule has 0 amide bonds. The summed E-state index contributed by atoms with van der Waals surface area (Å²) < 4.78 is 13.4. The van der Waals surface area contributed by atoms with Gasteiger partial charge in [0.25, 0.3) is 0 Å². The molecule has 0 spiro atoms. The Kier molecular flexibility index (Phi) is 7.39. The van der Waals surface area contributed by atoms with Gasteiger partial charge in [-0.15, -0.1) is 10.2 Å². The number of aromatic nitrogens is 6. The number of ether oxygens (including phenoxy) is 2. The molecule has 1 atom stereocenters. The number of hydrogen-bond donors (Lipinski definition) is 2. The number of hydrogen-bond acceptors (Lipinski definition) is 12. The van der Waals surface area contributed by atoms with E-state index in [1.807, 2.05) is 30.3 Å². The molecule has 11 nitrogen and oxygen atoms in total. The Morgan fingerprint density at radius 1 is 1.24 bits per heavy atom. The van der Waals surface area contributed by atoms with Crippen LogP contribution in [0.5, 0.6) is 11.5 Å². The maximum Gasteiger partial charge on any atom is 0.338 e. The van der Waals surface area contributed by atoms with Crippen LogP contribution in [0.3, 0.4) is 0 Å². The molecule has 1 unspecified atom stereocenters. The van der Waals surface area contributed by atoms with Gasteiger partial charge in [-0.05, 0) is 51.0 Å². The highest BCUT2D eigenvalue weighted by atomic mass is 79.9. The zero-order chi connectivity index (χ0) is 25.9. The molecule has 2 N–H and O–H groups in total. The highest BCUT2D eigenvalue weighted by Crippen LogP contribution is 2.43. The molecule has 3 heterocycles. The second-order valence-corrected chi connectivity index (χ2v) is 10.7. The van der Waals surface area contributed by atoms with Gasteiger partial charge in [-0.3, -0.25) is 0 Å².